The average Bonchev–Trinajstić information content (AvgIpc) is 3.90. The first-order valence-corrected chi connectivity index (χ1v) is 26.0. The molecule has 3 aromatic heterocycles. The van der Waals surface area contributed by atoms with Crippen LogP contribution < -0.4 is 10.3 Å². The van der Waals surface area contributed by atoms with Gasteiger partial charge in [0.25, 0.3) is 11.5 Å². The lowest BCUT2D eigenvalue weighted by Crippen LogP contribution is -2.51. The summed E-state index contributed by atoms with van der Waals surface area (Å²) >= 11 is 6.81. The maximum absolute atomic E-state index is 15.9. The van der Waals surface area contributed by atoms with Crippen molar-refractivity contribution in [1.29, 1.82) is 5.26 Å². The lowest BCUT2D eigenvalue weighted by Gasteiger charge is -2.41. The summed E-state index contributed by atoms with van der Waals surface area (Å²) < 4.78 is 16.9. The zero-order valence-corrected chi connectivity index (χ0v) is 42.6. The third-order valence-electron chi connectivity index (χ3n) is 15.9. The number of amides is 2. The highest BCUT2D eigenvalue weighted by Gasteiger charge is 2.35. The number of hydrogen-bond donors (Lipinski definition) is 1. The van der Waals surface area contributed by atoms with Gasteiger partial charge in [0.1, 0.15) is 29.9 Å². The van der Waals surface area contributed by atoms with Crippen LogP contribution in [0.25, 0.3) is 38.8 Å². The number of benzene rings is 4. The number of likely N-dealkylation sites (tertiary alicyclic amines) is 1. The van der Waals surface area contributed by atoms with Crippen LogP contribution in [0.1, 0.15) is 68.8 Å². The number of morpholine rings is 1. The molecule has 73 heavy (non-hydrogen) atoms. The van der Waals surface area contributed by atoms with E-state index in [2.05, 4.69) is 45.0 Å². The molecule has 2 amide bonds. The number of nitriles is 1. The van der Waals surface area contributed by atoms with Gasteiger partial charge in [-0.1, -0.05) is 48.4 Å². The summed E-state index contributed by atoms with van der Waals surface area (Å²) in [6, 6.07) is 28.8. The monoisotopic (exact) mass is 1000 g/mol. The van der Waals surface area contributed by atoms with E-state index in [-0.39, 0.29) is 35.6 Å². The number of rotatable bonds is 11. The minimum atomic E-state index is -0.284. The van der Waals surface area contributed by atoms with Gasteiger partial charge in [0.05, 0.1) is 41.7 Å². The van der Waals surface area contributed by atoms with Gasteiger partial charge < -0.3 is 38.4 Å². The number of phenolic OH excluding ortho intramolecular Hbond substituents is 1. The molecule has 0 bridgehead atoms. The number of carbonyl (C=O) groups is 2. The van der Waals surface area contributed by atoms with Crippen molar-refractivity contribution < 1.29 is 24.2 Å². The van der Waals surface area contributed by atoms with Crippen LogP contribution >= 0.6 is 11.6 Å². The van der Waals surface area contributed by atoms with Gasteiger partial charge in [0, 0.05) is 98.9 Å². The summed E-state index contributed by atoms with van der Waals surface area (Å²) in [5, 5.41) is 22.5. The lowest BCUT2D eigenvalue weighted by atomic mass is 9.89. The Morgan fingerprint density at radius 2 is 1.63 bits per heavy atom. The molecule has 4 aromatic carbocycles. The molecule has 4 aliphatic rings. The fourth-order valence-electron chi connectivity index (χ4n) is 11.7. The Labute approximate surface area is 430 Å². The number of hydrogen-bond acceptors (Lipinski definition) is 9. The second-order valence-electron chi connectivity index (χ2n) is 20.2. The number of aryl methyl sites for hydroxylation is 1. The number of piperidine rings is 1. The van der Waals surface area contributed by atoms with Gasteiger partial charge >= 0.3 is 0 Å². The van der Waals surface area contributed by atoms with Crippen LogP contribution in [0.3, 0.4) is 0 Å². The third-order valence-corrected chi connectivity index (χ3v) is 16.2. The fraction of sp³-hybridized carbons (Fsp3) is 0.379. The molecule has 0 saturated carbocycles. The zero-order chi connectivity index (χ0) is 50.5. The number of ether oxygens (including phenoxy) is 2. The van der Waals surface area contributed by atoms with Crippen molar-refractivity contribution in [2.24, 2.45) is 14.1 Å². The number of phenols is 1. The van der Waals surface area contributed by atoms with Crippen LogP contribution in [-0.2, 0) is 56.0 Å². The molecule has 2 saturated heterocycles. The molecule has 1 N–H and O–H groups in total. The minimum absolute atomic E-state index is 0.0431. The first-order chi connectivity index (χ1) is 35.4. The van der Waals surface area contributed by atoms with Crippen LogP contribution in [0.2, 0.25) is 5.02 Å². The molecule has 0 radical (unpaired) electrons. The predicted molar refractivity (Wildman–Crippen MR) is 283 cm³/mol. The first kappa shape index (κ1) is 48.4. The van der Waals surface area contributed by atoms with E-state index in [1.165, 1.54) is 12.0 Å². The van der Waals surface area contributed by atoms with Gasteiger partial charge in [-0.05, 0) is 128 Å². The molecule has 7 aromatic rings. The number of pyridine rings is 1. The van der Waals surface area contributed by atoms with E-state index >= 15 is 9.59 Å². The van der Waals surface area contributed by atoms with E-state index < -0.39 is 0 Å². The van der Waals surface area contributed by atoms with Gasteiger partial charge in [-0.15, -0.1) is 0 Å². The Bertz CT molecular complexity index is 3410. The highest BCUT2D eigenvalue weighted by Crippen LogP contribution is 2.39. The Balaban J connectivity index is 0.977. The average molecular weight is 1000 g/mol. The van der Waals surface area contributed by atoms with Crippen molar-refractivity contribution in [2.75, 3.05) is 65.6 Å². The van der Waals surface area contributed by atoms with Crippen LogP contribution in [0.4, 0.5) is 0 Å². The molecule has 0 unspecified atom stereocenters. The summed E-state index contributed by atoms with van der Waals surface area (Å²) in [7, 11) is 3.71. The third kappa shape index (κ3) is 9.29. The van der Waals surface area contributed by atoms with Gasteiger partial charge in [0.15, 0.2) is 0 Å². The Kier molecular flexibility index (Phi) is 13.4. The standard InChI is InChI=1S/C58H61ClN8O6/c1-37-53(29-43(33-60)61(37)2)67-52-14-12-45(68)30-49(52)56-50(58(67)71)32-54(62(56)3)47-26-39-15-18-65(55(69)28-40-11-13-46(31-51(40)59)73-24-21-63-19-22-72-23-20-63)34-42(39)27-48(47)57(70)66-35-41-10-6-5-9-38(41)25-44(66)36-64-16-7-4-8-17-64/h5-6,9-14,26-27,29-32,44,68H,4,7-8,15-25,28,34-36H2,1-3H3/t44-/m0/s1. The molecule has 0 aliphatic carbocycles. The van der Waals surface area contributed by atoms with Gasteiger partial charge in [-0.25, -0.2) is 0 Å². The highest BCUT2D eigenvalue weighted by atomic mass is 35.5. The Morgan fingerprint density at radius 3 is 2.40 bits per heavy atom. The highest BCUT2D eigenvalue weighted by molar-refractivity contribution is 6.31. The maximum Gasteiger partial charge on any atom is 0.265 e. The topological polar surface area (TPSA) is 141 Å². The maximum atomic E-state index is 15.9. The van der Waals surface area contributed by atoms with E-state index in [1.807, 2.05) is 53.8 Å². The van der Waals surface area contributed by atoms with Crippen molar-refractivity contribution in [3.05, 3.63) is 145 Å². The normalized spacial score (nSPS) is 17.4. The van der Waals surface area contributed by atoms with Crippen molar-refractivity contribution in [3.63, 3.8) is 0 Å². The molecule has 11 rings (SSSR count). The van der Waals surface area contributed by atoms with E-state index in [4.69, 9.17) is 21.1 Å². The number of carbonyl (C=O) groups excluding carboxylic acids is 2. The summed E-state index contributed by atoms with van der Waals surface area (Å²) in [6.07, 6.45) is 4.91. The van der Waals surface area contributed by atoms with E-state index in [0.29, 0.717) is 93.4 Å². The summed E-state index contributed by atoms with van der Waals surface area (Å²) in [4.78, 5) is 53.9. The lowest BCUT2D eigenvalue weighted by molar-refractivity contribution is -0.131. The molecule has 2 fully saturated rings. The second kappa shape index (κ2) is 20.2. The first-order valence-electron chi connectivity index (χ1n) is 25.6. The van der Waals surface area contributed by atoms with Gasteiger partial charge in [-0.3, -0.25) is 23.9 Å². The van der Waals surface area contributed by atoms with Crippen molar-refractivity contribution in [2.45, 2.75) is 64.6 Å². The van der Waals surface area contributed by atoms with Gasteiger partial charge in [0.2, 0.25) is 5.91 Å². The molecular weight excluding hydrogens is 940 g/mol. The zero-order valence-electron chi connectivity index (χ0n) is 41.8. The van der Waals surface area contributed by atoms with E-state index in [0.717, 1.165) is 99.7 Å². The van der Waals surface area contributed by atoms with Crippen LogP contribution in [-0.4, -0.2) is 122 Å². The second-order valence-corrected chi connectivity index (χ2v) is 20.7. The molecule has 376 valence electrons. The molecule has 7 heterocycles. The molecule has 1 atom stereocenters. The largest absolute Gasteiger partial charge is 0.508 e. The summed E-state index contributed by atoms with van der Waals surface area (Å²) in [5.74, 6) is 0.538. The molecule has 4 aliphatic heterocycles. The van der Waals surface area contributed by atoms with Crippen LogP contribution in [0.15, 0.2) is 89.7 Å². The van der Waals surface area contributed by atoms with E-state index in [1.54, 1.807) is 46.5 Å². The SMILES string of the molecule is Cc1c(-n2c(=O)c3cc(-c4cc5c(cc4C(=O)N4Cc6ccccc6C[C@H]4CN4CCCCC4)CN(C(=O)Cc4ccc(OCCN6CCOCC6)cc4Cl)CC5)n(C)c3c3cc(O)ccc32)cc(C#N)n1C. The summed E-state index contributed by atoms with van der Waals surface area (Å²) in [5.41, 5.74) is 9.53. The van der Waals surface area contributed by atoms with Crippen LogP contribution in [0.5, 0.6) is 11.5 Å². The molecule has 14 nitrogen and oxygen atoms in total. The number of halogens is 1. The van der Waals surface area contributed by atoms with Crippen molar-refractivity contribution in [1.82, 2.24) is 33.3 Å². The van der Waals surface area contributed by atoms with E-state index in [9.17, 15) is 15.2 Å². The fourth-order valence-corrected chi connectivity index (χ4v) is 11.9. The number of aromatic nitrogens is 3. The number of aromatic hydroxyl groups is 1. The van der Waals surface area contributed by atoms with Gasteiger partial charge in [-0.2, -0.15) is 5.26 Å². The number of fused-ring (bicyclic) bond motifs is 5. The quantitative estimate of drug-likeness (QED) is 0.137. The summed E-state index contributed by atoms with van der Waals surface area (Å²) in [6.45, 7) is 10.5. The molecule has 15 heteroatoms. The van der Waals surface area contributed by atoms with Crippen molar-refractivity contribution in [3.8, 4) is 34.5 Å². The smallest absolute Gasteiger partial charge is 0.265 e. The van der Waals surface area contributed by atoms with Crippen molar-refractivity contribution >= 4 is 45.2 Å². The molecule has 0 spiro atoms. The molecular formula is C58H61ClN8O6. The number of nitrogens with zero attached hydrogens (tertiary/aromatic N) is 8. The minimum Gasteiger partial charge on any atom is -0.508 e. The Morgan fingerprint density at radius 1 is 0.836 bits per heavy atom. The Hall–Kier alpha value is -6.89. The predicted octanol–water partition coefficient (Wildman–Crippen LogP) is 7.92. The van der Waals surface area contributed by atoms with Crippen LogP contribution in [0, 0.1) is 18.3 Å².